The number of piperidine rings is 1. The maximum absolute atomic E-state index is 12.9. The van der Waals surface area contributed by atoms with E-state index in [1.165, 1.54) is 12.8 Å². The average molecular weight is 356 g/mol. The van der Waals surface area contributed by atoms with Gasteiger partial charge in [-0.1, -0.05) is 23.2 Å². The highest BCUT2D eigenvalue weighted by molar-refractivity contribution is 6.42. The molecule has 6 heteroatoms. The average Bonchev–Trinajstić information content (AvgIpc) is 3.10. The third kappa shape index (κ3) is 3.66. The second kappa shape index (κ2) is 7.39. The molecule has 1 N–H and O–H groups in total. The number of carbonyl (C=O) groups excluding carboxylic acids is 1. The van der Waals surface area contributed by atoms with E-state index >= 15 is 0 Å². The molecule has 2 aliphatic heterocycles. The summed E-state index contributed by atoms with van der Waals surface area (Å²) in [4.78, 5) is 17.3. The van der Waals surface area contributed by atoms with Crippen LogP contribution in [0.4, 0.5) is 0 Å². The standard InChI is InChI=1S/C17H23Cl2N3O/c1-21(17(23)12-4-5-13(18)14(19)10-12)15-6-7-20-11-16(15)22-8-2-3-9-22/h4-5,10,15-16,20H,2-3,6-9,11H2,1H3. The van der Waals surface area contributed by atoms with Gasteiger partial charge in [-0.15, -0.1) is 0 Å². The molecule has 2 aliphatic rings. The van der Waals surface area contributed by atoms with Gasteiger partial charge in [-0.05, 0) is 57.1 Å². The first kappa shape index (κ1) is 17.0. The lowest BCUT2D eigenvalue weighted by molar-refractivity contribution is 0.0529. The molecule has 1 aromatic carbocycles. The molecule has 0 aliphatic carbocycles. The maximum atomic E-state index is 12.9. The monoisotopic (exact) mass is 355 g/mol. The van der Waals surface area contributed by atoms with E-state index in [2.05, 4.69) is 10.2 Å². The minimum Gasteiger partial charge on any atom is -0.337 e. The zero-order chi connectivity index (χ0) is 16.4. The van der Waals surface area contributed by atoms with E-state index in [4.69, 9.17) is 23.2 Å². The Labute approximate surface area is 147 Å². The van der Waals surface area contributed by atoms with Crippen LogP contribution in [0.25, 0.3) is 0 Å². The van der Waals surface area contributed by atoms with Gasteiger partial charge in [0.2, 0.25) is 0 Å². The number of carbonyl (C=O) groups is 1. The van der Waals surface area contributed by atoms with Crippen LogP contribution in [0.1, 0.15) is 29.6 Å². The van der Waals surface area contributed by atoms with E-state index in [1.54, 1.807) is 18.2 Å². The lowest BCUT2D eigenvalue weighted by Crippen LogP contribution is -2.59. The normalized spacial score (nSPS) is 25.5. The van der Waals surface area contributed by atoms with Gasteiger partial charge < -0.3 is 10.2 Å². The molecule has 0 spiro atoms. The first-order valence-corrected chi connectivity index (χ1v) is 9.00. The van der Waals surface area contributed by atoms with E-state index < -0.39 is 0 Å². The van der Waals surface area contributed by atoms with E-state index in [-0.39, 0.29) is 11.9 Å². The van der Waals surface area contributed by atoms with Crippen molar-refractivity contribution in [3.8, 4) is 0 Å². The van der Waals surface area contributed by atoms with Crippen LogP contribution in [0, 0.1) is 0 Å². The predicted octanol–water partition coefficient (Wildman–Crippen LogP) is 2.89. The van der Waals surface area contributed by atoms with Gasteiger partial charge in [-0.2, -0.15) is 0 Å². The third-order valence-corrected chi connectivity index (χ3v) is 5.75. The van der Waals surface area contributed by atoms with Gasteiger partial charge in [0.1, 0.15) is 0 Å². The maximum Gasteiger partial charge on any atom is 0.253 e. The Morgan fingerprint density at radius 3 is 2.70 bits per heavy atom. The summed E-state index contributed by atoms with van der Waals surface area (Å²) in [5.74, 6) is 0.0136. The molecule has 3 rings (SSSR count). The fourth-order valence-corrected chi connectivity index (χ4v) is 4.01. The van der Waals surface area contributed by atoms with Crippen LogP contribution in [0.15, 0.2) is 18.2 Å². The summed E-state index contributed by atoms with van der Waals surface area (Å²) in [6.07, 6.45) is 3.49. The lowest BCUT2D eigenvalue weighted by Gasteiger charge is -2.42. The van der Waals surface area contributed by atoms with Crippen molar-refractivity contribution in [2.75, 3.05) is 33.2 Å². The highest BCUT2D eigenvalue weighted by Crippen LogP contribution is 2.25. The van der Waals surface area contributed by atoms with Crippen molar-refractivity contribution >= 4 is 29.1 Å². The first-order valence-electron chi connectivity index (χ1n) is 8.25. The van der Waals surface area contributed by atoms with E-state index in [0.29, 0.717) is 21.7 Å². The molecular formula is C17H23Cl2N3O. The molecule has 4 nitrogen and oxygen atoms in total. The van der Waals surface area contributed by atoms with Gasteiger partial charge >= 0.3 is 0 Å². The highest BCUT2D eigenvalue weighted by atomic mass is 35.5. The molecule has 1 amide bonds. The molecule has 2 fully saturated rings. The van der Waals surface area contributed by atoms with Crippen molar-refractivity contribution in [1.82, 2.24) is 15.1 Å². The second-order valence-electron chi connectivity index (χ2n) is 6.42. The van der Waals surface area contributed by atoms with Crippen molar-refractivity contribution in [2.45, 2.75) is 31.3 Å². The summed E-state index contributed by atoms with van der Waals surface area (Å²) in [5, 5.41) is 4.37. The summed E-state index contributed by atoms with van der Waals surface area (Å²) in [5.41, 5.74) is 0.598. The molecule has 23 heavy (non-hydrogen) atoms. The number of hydrogen-bond acceptors (Lipinski definition) is 3. The third-order valence-electron chi connectivity index (χ3n) is 5.01. The minimum atomic E-state index is 0.0136. The summed E-state index contributed by atoms with van der Waals surface area (Å²) < 4.78 is 0. The van der Waals surface area contributed by atoms with Gasteiger partial charge in [0.25, 0.3) is 5.91 Å². The van der Waals surface area contributed by atoms with Gasteiger partial charge in [-0.3, -0.25) is 9.69 Å². The van der Waals surface area contributed by atoms with Crippen LogP contribution < -0.4 is 5.32 Å². The van der Waals surface area contributed by atoms with Gasteiger partial charge in [0.15, 0.2) is 0 Å². The molecule has 0 saturated carbocycles. The molecular weight excluding hydrogens is 333 g/mol. The first-order chi connectivity index (χ1) is 11.1. The summed E-state index contributed by atoms with van der Waals surface area (Å²) in [6.45, 7) is 4.17. The lowest BCUT2D eigenvalue weighted by atomic mass is 9.97. The van der Waals surface area contributed by atoms with Crippen molar-refractivity contribution < 1.29 is 4.79 Å². The summed E-state index contributed by atoms with van der Waals surface area (Å²) in [6, 6.07) is 5.72. The van der Waals surface area contributed by atoms with Crippen LogP contribution in [-0.2, 0) is 0 Å². The zero-order valence-corrected chi connectivity index (χ0v) is 14.9. The fraction of sp³-hybridized carbons (Fsp3) is 0.588. The van der Waals surface area contributed by atoms with Gasteiger partial charge in [-0.25, -0.2) is 0 Å². The molecule has 126 valence electrons. The van der Waals surface area contributed by atoms with Gasteiger partial charge in [0, 0.05) is 31.2 Å². The largest absolute Gasteiger partial charge is 0.337 e. The van der Waals surface area contributed by atoms with Crippen LogP contribution in [0.3, 0.4) is 0 Å². The van der Waals surface area contributed by atoms with E-state index in [0.717, 1.165) is 32.6 Å². The number of amides is 1. The Balaban J connectivity index is 1.77. The second-order valence-corrected chi connectivity index (χ2v) is 7.23. The Kier molecular flexibility index (Phi) is 5.47. The quantitative estimate of drug-likeness (QED) is 0.905. The molecule has 2 saturated heterocycles. The van der Waals surface area contributed by atoms with Crippen molar-refractivity contribution in [3.63, 3.8) is 0 Å². The van der Waals surface area contributed by atoms with Crippen molar-refractivity contribution in [2.24, 2.45) is 0 Å². The Morgan fingerprint density at radius 1 is 1.26 bits per heavy atom. The van der Waals surface area contributed by atoms with Gasteiger partial charge in [0.05, 0.1) is 10.0 Å². The summed E-state index contributed by atoms with van der Waals surface area (Å²) in [7, 11) is 1.91. The topological polar surface area (TPSA) is 35.6 Å². The number of nitrogens with zero attached hydrogens (tertiary/aromatic N) is 2. The molecule has 2 atom stereocenters. The SMILES string of the molecule is CN(C(=O)c1ccc(Cl)c(Cl)c1)C1CCNCC1N1CCCC1. The molecule has 2 unspecified atom stereocenters. The van der Waals surface area contributed by atoms with Crippen LogP contribution >= 0.6 is 23.2 Å². The minimum absolute atomic E-state index is 0.0136. The number of benzene rings is 1. The molecule has 1 aromatic rings. The number of hydrogen-bond donors (Lipinski definition) is 1. The van der Waals surface area contributed by atoms with E-state index in [9.17, 15) is 4.79 Å². The van der Waals surface area contributed by atoms with Crippen molar-refractivity contribution in [3.05, 3.63) is 33.8 Å². The molecule has 0 bridgehead atoms. The fourth-order valence-electron chi connectivity index (χ4n) is 3.71. The van der Waals surface area contributed by atoms with Crippen LogP contribution in [0.2, 0.25) is 10.0 Å². The number of halogens is 2. The van der Waals surface area contributed by atoms with E-state index in [1.807, 2.05) is 11.9 Å². The number of nitrogens with one attached hydrogen (secondary N) is 1. The summed E-state index contributed by atoms with van der Waals surface area (Å²) >= 11 is 12.0. The number of rotatable bonds is 3. The van der Waals surface area contributed by atoms with Crippen LogP contribution in [-0.4, -0.2) is 61.0 Å². The van der Waals surface area contributed by atoms with Crippen LogP contribution in [0.5, 0.6) is 0 Å². The molecule has 0 aromatic heterocycles. The Morgan fingerprint density at radius 2 is 2.00 bits per heavy atom. The highest BCUT2D eigenvalue weighted by Gasteiger charge is 2.35. The van der Waals surface area contributed by atoms with Crippen molar-refractivity contribution in [1.29, 1.82) is 0 Å². The Bertz CT molecular complexity index is 575. The number of likely N-dealkylation sites (N-methyl/N-ethyl adjacent to an activating group) is 1. The molecule has 0 radical (unpaired) electrons. The number of likely N-dealkylation sites (tertiary alicyclic amines) is 1. The zero-order valence-electron chi connectivity index (χ0n) is 13.4. The Hall–Kier alpha value is -0.810. The predicted molar refractivity (Wildman–Crippen MR) is 94.4 cm³/mol. The smallest absolute Gasteiger partial charge is 0.253 e. The molecule has 2 heterocycles.